The fourth-order valence-electron chi connectivity index (χ4n) is 1.02. The van der Waals surface area contributed by atoms with E-state index in [1.165, 1.54) is 7.11 Å². The number of hydrogen-bond acceptors (Lipinski definition) is 7. The highest BCUT2D eigenvalue weighted by molar-refractivity contribution is 7.99. The molecule has 1 heterocycles. The van der Waals surface area contributed by atoms with Crippen molar-refractivity contribution >= 4 is 23.8 Å². The van der Waals surface area contributed by atoms with Crippen LogP contribution in [0.5, 0.6) is 0 Å². The third kappa shape index (κ3) is 3.99. The van der Waals surface area contributed by atoms with Crippen LogP contribution >= 0.6 is 11.8 Å². The molecule has 0 fully saturated rings. The first-order valence-corrected chi connectivity index (χ1v) is 6.12. The third-order valence-corrected chi connectivity index (χ3v) is 2.75. The minimum Gasteiger partial charge on any atom is -0.453 e. The highest BCUT2D eigenvalue weighted by atomic mass is 32.2. The lowest BCUT2D eigenvalue weighted by Gasteiger charge is -2.19. The maximum atomic E-state index is 11.4. The molecule has 0 aromatic carbocycles. The van der Waals surface area contributed by atoms with Gasteiger partial charge >= 0.3 is 6.09 Å². The Bertz CT molecular complexity index is 440. The van der Waals surface area contributed by atoms with Crippen molar-refractivity contribution in [1.82, 2.24) is 25.5 Å². The standard InChI is InChI=1S/C9H15N5O3S/c1-9(2,3)14-7(11-12-13-14)18-5-6(15)10-8(16)17-4/h5H2,1-4H3,(H,10,15,16). The van der Waals surface area contributed by atoms with Gasteiger partial charge in [0.25, 0.3) is 0 Å². The molecular formula is C9H15N5O3S. The Kier molecular flexibility index (Phi) is 4.65. The van der Waals surface area contributed by atoms with Gasteiger partial charge in [0.15, 0.2) is 0 Å². The van der Waals surface area contributed by atoms with Crippen LogP contribution in [0.25, 0.3) is 0 Å². The average Bonchev–Trinajstić information content (AvgIpc) is 2.74. The van der Waals surface area contributed by atoms with E-state index >= 15 is 0 Å². The largest absolute Gasteiger partial charge is 0.453 e. The van der Waals surface area contributed by atoms with Gasteiger partial charge in [-0.2, -0.15) is 0 Å². The van der Waals surface area contributed by atoms with E-state index in [0.717, 1.165) is 11.8 Å². The Balaban J connectivity index is 2.57. The molecule has 1 N–H and O–H groups in total. The zero-order valence-corrected chi connectivity index (χ0v) is 11.4. The molecule has 18 heavy (non-hydrogen) atoms. The second-order valence-electron chi connectivity index (χ2n) is 4.37. The van der Waals surface area contributed by atoms with Crippen LogP contribution in [0.15, 0.2) is 5.16 Å². The molecule has 1 rings (SSSR count). The number of nitrogens with one attached hydrogen (secondary N) is 1. The number of rotatable bonds is 3. The lowest BCUT2D eigenvalue weighted by atomic mass is 10.1. The quantitative estimate of drug-likeness (QED) is 0.796. The fourth-order valence-corrected chi connectivity index (χ4v) is 1.88. The summed E-state index contributed by atoms with van der Waals surface area (Å²) >= 11 is 1.15. The van der Waals surface area contributed by atoms with Gasteiger partial charge in [0.1, 0.15) is 0 Å². The number of methoxy groups -OCH3 is 1. The van der Waals surface area contributed by atoms with Crippen LogP contribution in [-0.4, -0.2) is 45.1 Å². The summed E-state index contributed by atoms with van der Waals surface area (Å²) in [5.41, 5.74) is -0.273. The van der Waals surface area contributed by atoms with Gasteiger partial charge in [-0.1, -0.05) is 11.8 Å². The van der Waals surface area contributed by atoms with Crippen LogP contribution in [0.2, 0.25) is 0 Å². The van der Waals surface area contributed by atoms with E-state index in [9.17, 15) is 9.59 Å². The Hall–Kier alpha value is -1.64. The minimum absolute atomic E-state index is 0.0333. The van der Waals surface area contributed by atoms with Crippen LogP contribution in [-0.2, 0) is 15.1 Å². The summed E-state index contributed by atoms with van der Waals surface area (Å²) in [6.45, 7) is 5.84. The number of hydrogen-bond donors (Lipinski definition) is 1. The first kappa shape index (κ1) is 14.4. The second kappa shape index (κ2) is 5.80. The van der Waals surface area contributed by atoms with E-state index in [4.69, 9.17) is 0 Å². The molecule has 9 heteroatoms. The SMILES string of the molecule is COC(=O)NC(=O)CSc1nnnn1C(C)(C)C. The molecule has 0 bridgehead atoms. The highest BCUT2D eigenvalue weighted by Crippen LogP contribution is 2.20. The number of ether oxygens (including phenoxy) is 1. The van der Waals surface area contributed by atoms with Crippen molar-refractivity contribution in [3.63, 3.8) is 0 Å². The van der Waals surface area contributed by atoms with E-state index in [2.05, 4.69) is 25.6 Å². The third-order valence-electron chi connectivity index (χ3n) is 1.84. The molecule has 1 aromatic heterocycles. The van der Waals surface area contributed by atoms with Gasteiger partial charge in [-0.25, -0.2) is 9.48 Å². The molecule has 0 unspecified atom stereocenters. The smallest absolute Gasteiger partial charge is 0.413 e. The molecule has 0 radical (unpaired) electrons. The maximum Gasteiger partial charge on any atom is 0.413 e. The topological polar surface area (TPSA) is 99.0 Å². The molecule has 8 nitrogen and oxygen atoms in total. The van der Waals surface area contributed by atoms with Crippen molar-refractivity contribution in [1.29, 1.82) is 0 Å². The number of imide groups is 1. The van der Waals surface area contributed by atoms with Gasteiger partial charge in [0, 0.05) is 0 Å². The first-order valence-electron chi connectivity index (χ1n) is 5.14. The second-order valence-corrected chi connectivity index (χ2v) is 5.32. The zero-order valence-electron chi connectivity index (χ0n) is 10.6. The highest BCUT2D eigenvalue weighted by Gasteiger charge is 2.20. The number of carbonyl (C=O) groups is 2. The Morgan fingerprint density at radius 3 is 2.67 bits per heavy atom. The van der Waals surface area contributed by atoms with Crippen LogP contribution in [0.3, 0.4) is 0 Å². The minimum atomic E-state index is -0.781. The maximum absolute atomic E-state index is 11.4. The molecule has 0 aliphatic carbocycles. The van der Waals surface area contributed by atoms with E-state index < -0.39 is 12.0 Å². The molecule has 0 atom stereocenters. The van der Waals surface area contributed by atoms with E-state index in [-0.39, 0.29) is 11.3 Å². The van der Waals surface area contributed by atoms with Crippen molar-refractivity contribution in [2.24, 2.45) is 0 Å². The molecule has 0 spiro atoms. The van der Waals surface area contributed by atoms with Crippen molar-refractivity contribution in [2.45, 2.75) is 31.5 Å². The summed E-state index contributed by atoms with van der Waals surface area (Å²) in [6, 6.07) is 0. The number of tetrazole rings is 1. The number of amides is 2. The van der Waals surface area contributed by atoms with E-state index in [1.54, 1.807) is 4.68 Å². The van der Waals surface area contributed by atoms with E-state index in [1.807, 2.05) is 20.8 Å². The summed E-state index contributed by atoms with van der Waals surface area (Å²) in [4.78, 5) is 22.2. The van der Waals surface area contributed by atoms with Crippen molar-refractivity contribution in [3.8, 4) is 0 Å². The Morgan fingerprint density at radius 2 is 2.11 bits per heavy atom. The molecule has 100 valence electrons. The number of aromatic nitrogens is 4. The molecule has 0 aliphatic rings. The van der Waals surface area contributed by atoms with Crippen molar-refractivity contribution < 1.29 is 14.3 Å². The van der Waals surface area contributed by atoms with Gasteiger partial charge in [0.05, 0.1) is 18.4 Å². The van der Waals surface area contributed by atoms with Gasteiger partial charge in [-0.3, -0.25) is 10.1 Å². The summed E-state index contributed by atoms with van der Waals surface area (Å²) in [5.74, 6) is -0.429. The summed E-state index contributed by atoms with van der Waals surface area (Å²) in [7, 11) is 1.19. The van der Waals surface area contributed by atoms with Gasteiger partial charge in [0.2, 0.25) is 11.1 Å². The lowest BCUT2D eigenvalue weighted by Crippen LogP contribution is -2.32. The normalized spacial score (nSPS) is 11.1. The number of thioether (sulfide) groups is 1. The van der Waals surface area contributed by atoms with Crippen LogP contribution in [0, 0.1) is 0 Å². The molecule has 0 saturated heterocycles. The fraction of sp³-hybridized carbons (Fsp3) is 0.667. The first-order chi connectivity index (χ1) is 8.34. The van der Waals surface area contributed by atoms with Gasteiger partial charge in [-0.05, 0) is 31.2 Å². The number of carbonyl (C=O) groups excluding carboxylic acids is 2. The summed E-state index contributed by atoms with van der Waals surface area (Å²) < 4.78 is 5.92. The molecule has 2 amide bonds. The Morgan fingerprint density at radius 1 is 1.44 bits per heavy atom. The summed E-state index contributed by atoms with van der Waals surface area (Å²) in [5, 5.41) is 13.8. The predicted molar refractivity (Wildman–Crippen MR) is 64.1 cm³/mol. The lowest BCUT2D eigenvalue weighted by molar-refractivity contribution is -0.117. The monoisotopic (exact) mass is 273 g/mol. The van der Waals surface area contributed by atoms with E-state index in [0.29, 0.717) is 5.16 Å². The zero-order chi connectivity index (χ0) is 13.8. The summed E-state index contributed by atoms with van der Waals surface area (Å²) in [6.07, 6.45) is -0.781. The molecular weight excluding hydrogens is 258 g/mol. The Labute approximate surface area is 108 Å². The van der Waals surface area contributed by atoms with Crippen LogP contribution in [0.1, 0.15) is 20.8 Å². The average molecular weight is 273 g/mol. The molecule has 0 saturated carbocycles. The number of alkyl carbamates (subject to hydrolysis) is 1. The van der Waals surface area contributed by atoms with Crippen LogP contribution in [0.4, 0.5) is 4.79 Å². The molecule has 0 aliphatic heterocycles. The molecule has 1 aromatic rings. The van der Waals surface area contributed by atoms with Gasteiger partial charge < -0.3 is 4.74 Å². The predicted octanol–water partition coefficient (Wildman–Crippen LogP) is 0.403. The van der Waals surface area contributed by atoms with Crippen molar-refractivity contribution in [2.75, 3.05) is 12.9 Å². The van der Waals surface area contributed by atoms with Crippen LogP contribution < -0.4 is 5.32 Å². The van der Waals surface area contributed by atoms with Crippen molar-refractivity contribution in [3.05, 3.63) is 0 Å². The number of nitrogens with zero attached hydrogens (tertiary/aromatic N) is 4. The van der Waals surface area contributed by atoms with Gasteiger partial charge in [-0.15, -0.1) is 5.10 Å².